The average molecular weight is 435 g/mol. The van der Waals surface area contributed by atoms with E-state index < -0.39 is 0 Å². The zero-order valence-corrected chi connectivity index (χ0v) is 20.6. The third-order valence-corrected chi connectivity index (χ3v) is 7.46. The molecule has 2 heteroatoms. The zero-order chi connectivity index (χ0) is 22.9. The van der Waals surface area contributed by atoms with Crippen molar-refractivity contribution in [3.8, 4) is 5.75 Å². The Balaban J connectivity index is 0.000000182. The number of esters is 1. The Bertz CT molecular complexity index is 785. The fraction of sp³-hybridized carbons (Fsp3) is 0.567. The largest absolute Gasteiger partial charge is 0.423 e. The molecule has 0 spiro atoms. The van der Waals surface area contributed by atoms with Crippen molar-refractivity contribution in [1.82, 2.24) is 0 Å². The number of benzene rings is 2. The maximum absolute atomic E-state index is 11.8. The highest BCUT2D eigenvalue weighted by atomic mass is 16.5. The molecule has 0 heterocycles. The van der Waals surface area contributed by atoms with Crippen LogP contribution in [0.2, 0.25) is 0 Å². The lowest BCUT2D eigenvalue weighted by Gasteiger charge is -2.32. The number of rotatable bonds is 4. The summed E-state index contributed by atoms with van der Waals surface area (Å²) in [7, 11) is 0. The van der Waals surface area contributed by atoms with Crippen LogP contribution in [0.3, 0.4) is 0 Å². The van der Waals surface area contributed by atoms with Gasteiger partial charge >= 0.3 is 5.97 Å². The molecule has 0 atom stereocenters. The molecule has 2 saturated carbocycles. The fourth-order valence-corrected chi connectivity index (χ4v) is 5.06. The summed E-state index contributed by atoms with van der Waals surface area (Å²) >= 11 is 0. The molecule has 0 bridgehead atoms. The van der Waals surface area contributed by atoms with Crippen LogP contribution in [0, 0.1) is 37.5 Å². The van der Waals surface area contributed by atoms with Gasteiger partial charge in [0.05, 0.1) is 5.56 Å². The van der Waals surface area contributed by atoms with Gasteiger partial charge in [0.25, 0.3) is 0 Å². The molecule has 4 rings (SSSR count). The molecule has 0 amide bonds. The summed E-state index contributed by atoms with van der Waals surface area (Å²) in [5.41, 5.74) is 2.83. The lowest BCUT2D eigenvalue weighted by molar-refractivity contribution is 0.0734. The van der Waals surface area contributed by atoms with Crippen LogP contribution >= 0.6 is 0 Å². The molecule has 2 aliphatic rings. The first-order valence-corrected chi connectivity index (χ1v) is 12.7. The second kappa shape index (κ2) is 12.2. The first kappa shape index (κ1) is 24.6. The van der Waals surface area contributed by atoms with E-state index in [1.54, 1.807) is 30.7 Å². The van der Waals surface area contributed by atoms with Crippen molar-refractivity contribution < 1.29 is 9.53 Å². The Morgan fingerprint density at radius 3 is 1.53 bits per heavy atom. The van der Waals surface area contributed by atoms with Crippen LogP contribution in [-0.2, 0) is 0 Å². The van der Waals surface area contributed by atoms with Gasteiger partial charge in [0.15, 0.2) is 0 Å². The number of hydrogen-bond acceptors (Lipinski definition) is 2. The van der Waals surface area contributed by atoms with Gasteiger partial charge in [-0.05, 0) is 68.2 Å². The SMILES string of the molecule is CC1CCC(CC2CCC(C)CC2)CC1.Cc1ccc(OC(=O)c2ccc(C)cc2)cc1. The molecule has 2 nitrogen and oxygen atoms in total. The highest BCUT2D eigenvalue weighted by Crippen LogP contribution is 2.37. The summed E-state index contributed by atoms with van der Waals surface area (Å²) in [6, 6.07) is 14.7. The Kier molecular flexibility index (Phi) is 9.38. The summed E-state index contributed by atoms with van der Waals surface area (Å²) in [4.78, 5) is 11.8. The molecule has 0 N–H and O–H groups in total. The third kappa shape index (κ3) is 8.11. The van der Waals surface area contributed by atoms with E-state index in [4.69, 9.17) is 4.74 Å². The van der Waals surface area contributed by atoms with Gasteiger partial charge < -0.3 is 4.74 Å². The van der Waals surface area contributed by atoms with E-state index in [1.807, 2.05) is 38.1 Å². The minimum absolute atomic E-state index is 0.325. The second-order valence-corrected chi connectivity index (χ2v) is 10.6. The lowest BCUT2D eigenvalue weighted by atomic mass is 9.74. The van der Waals surface area contributed by atoms with Crippen molar-refractivity contribution in [3.63, 3.8) is 0 Å². The summed E-state index contributed by atoms with van der Waals surface area (Å²) in [6.07, 6.45) is 13.7. The van der Waals surface area contributed by atoms with Crippen molar-refractivity contribution in [1.29, 1.82) is 0 Å². The van der Waals surface area contributed by atoms with Gasteiger partial charge in [-0.3, -0.25) is 0 Å². The Morgan fingerprint density at radius 1 is 0.688 bits per heavy atom. The molecule has 0 unspecified atom stereocenters. The van der Waals surface area contributed by atoms with Crippen LogP contribution < -0.4 is 4.74 Å². The molecule has 0 aromatic heterocycles. The topological polar surface area (TPSA) is 26.3 Å². The van der Waals surface area contributed by atoms with Gasteiger partial charge in [-0.1, -0.05) is 101 Å². The molecular formula is C30H42O2. The predicted molar refractivity (Wildman–Crippen MR) is 134 cm³/mol. The van der Waals surface area contributed by atoms with Crippen LogP contribution in [0.1, 0.15) is 93.1 Å². The Morgan fingerprint density at radius 2 is 1.09 bits per heavy atom. The van der Waals surface area contributed by atoms with E-state index in [1.165, 1.54) is 51.4 Å². The number of aryl methyl sites for hydroxylation is 2. The first-order chi connectivity index (χ1) is 15.4. The molecule has 2 fully saturated rings. The maximum Gasteiger partial charge on any atom is 0.343 e. The van der Waals surface area contributed by atoms with Crippen LogP contribution in [0.15, 0.2) is 48.5 Å². The van der Waals surface area contributed by atoms with Crippen molar-refractivity contribution in [2.75, 3.05) is 0 Å². The molecule has 32 heavy (non-hydrogen) atoms. The van der Waals surface area contributed by atoms with E-state index in [0.717, 1.165) is 34.8 Å². The van der Waals surface area contributed by atoms with Crippen LogP contribution in [0.4, 0.5) is 0 Å². The van der Waals surface area contributed by atoms with Crippen LogP contribution in [0.5, 0.6) is 5.75 Å². The standard InChI is InChI=1S/C15H14O2.C15H28/c1-11-3-7-13(8-4-11)15(16)17-14-9-5-12(2)6-10-14;1-12-3-7-14(8-4-12)11-15-9-5-13(2)6-10-15/h3-10H,1-2H3;12-15H,3-11H2,1-2H3. The predicted octanol–water partition coefficient (Wildman–Crippen LogP) is 8.55. The lowest BCUT2D eigenvalue weighted by Crippen LogP contribution is -2.19. The van der Waals surface area contributed by atoms with E-state index in [9.17, 15) is 4.79 Å². The fourth-order valence-electron chi connectivity index (χ4n) is 5.06. The van der Waals surface area contributed by atoms with Gasteiger partial charge in [0, 0.05) is 0 Å². The molecule has 0 radical (unpaired) electrons. The van der Waals surface area contributed by atoms with Crippen molar-refractivity contribution in [3.05, 3.63) is 65.2 Å². The van der Waals surface area contributed by atoms with Gasteiger partial charge in [0.2, 0.25) is 0 Å². The monoisotopic (exact) mass is 434 g/mol. The Labute approximate surface area is 195 Å². The molecular weight excluding hydrogens is 392 g/mol. The van der Waals surface area contributed by atoms with Gasteiger partial charge in [-0.25, -0.2) is 4.79 Å². The Hall–Kier alpha value is -2.09. The van der Waals surface area contributed by atoms with E-state index in [-0.39, 0.29) is 5.97 Å². The maximum atomic E-state index is 11.8. The van der Waals surface area contributed by atoms with Gasteiger partial charge in [-0.2, -0.15) is 0 Å². The molecule has 174 valence electrons. The highest BCUT2D eigenvalue weighted by molar-refractivity contribution is 5.91. The van der Waals surface area contributed by atoms with Crippen molar-refractivity contribution >= 4 is 5.97 Å². The first-order valence-electron chi connectivity index (χ1n) is 12.7. The highest BCUT2D eigenvalue weighted by Gasteiger charge is 2.24. The average Bonchev–Trinajstić information content (AvgIpc) is 2.79. The third-order valence-electron chi connectivity index (χ3n) is 7.46. The minimum atomic E-state index is -0.325. The number of ether oxygens (including phenoxy) is 1. The molecule has 2 aliphatic carbocycles. The number of carbonyl (C=O) groups is 1. The zero-order valence-electron chi connectivity index (χ0n) is 20.6. The van der Waals surface area contributed by atoms with Gasteiger partial charge in [-0.15, -0.1) is 0 Å². The van der Waals surface area contributed by atoms with Crippen molar-refractivity contribution in [2.45, 2.75) is 85.5 Å². The summed E-state index contributed by atoms with van der Waals surface area (Å²) in [5.74, 6) is 4.48. The van der Waals surface area contributed by atoms with Gasteiger partial charge in [0.1, 0.15) is 5.75 Å². The van der Waals surface area contributed by atoms with E-state index in [0.29, 0.717) is 11.3 Å². The van der Waals surface area contributed by atoms with E-state index >= 15 is 0 Å². The quantitative estimate of drug-likeness (QED) is 0.356. The van der Waals surface area contributed by atoms with Crippen LogP contribution in [0.25, 0.3) is 0 Å². The number of hydrogen-bond donors (Lipinski definition) is 0. The second-order valence-electron chi connectivity index (χ2n) is 10.6. The normalized spacial score (nSPS) is 25.4. The summed E-state index contributed by atoms with van der Waals surface area (Å²) in [6.45, 7) is 8.83. The molecule has 0 aliphatic heterocycles. The van der Waals surface area contributed by atoms with E-state index in [2.05, 4.69) is 13.8 Å². The summed E-state index contributed by atoms with van der Waals surface area (Å²) < 4.78 is 5.26. The molecule has 0 saturated heterocycles. The number of carbonyl (C=O) groups excluding carboxylic acids is 1. The summed E-state index contributed by atoms with van der Waals surface area (Å²) in [5, 5.41) is 0. The molecule has 2 aromatic rings. The molecule has 2 aromatic carbocycles. The minimum Gasteiger partial charge on any atom is -0.423 e. The smallest absolute Gasteiger partial charge is 0.343 e. The van der Waals surface area contributed by atoms with Crippen molar-refractivity contribution in [2.24, 2.45) is 23.7 Å². The van der Waals surface area contributed by atoms with Crippen LogP contribution in [-0.4, -0.2) is 5.97 Å².